The Morgan fingerprint density at radius 2 is 1.00 bits per heavy atom. The molecule has 2 aromatic carbocycles. The number of carbonyl (C=O) groups is 2. The fraction of sp³-hybridized carbons (Fsp3) is 0.222. The number of hydrogen-bond acceptors (Lipinski definition) is 4. The number of esters is 2. The average Bonchev–Trinajstić information content (AvgIpc) is 2.56. The first kappa shape index (κ1) is 18.3. The summed E-state index contributed by atoms with van der Waals surface area (Å²) in [6.45, 7) is 0. The van der Waals surface area contributed by atoms with Gasteiger partial charge in [-0.3, -0.25) is 9.59 Å². The van der Waals surface area contributed by atoms with Crippen LogP contribution in [0.5, 0.6) is 11.5 Å². The lowest BCUT2D eigenvalue weighted by Crippen LogP contribution is -2.10. The van der Waals surface area contributed by atoms with Crippen molar-refractivity contribution in [2.45, 2.75) is 25.7 Å². The van der Waals surface area contributed by atoms with E-state index in [0.717, 1.165) is 0 Å². The van der Waals surface area contributed by atoms with Crippen LogP contribution in [0.2, 0.25) is 10.0 Å². The summed E-state index contributed by atoms with van der Waals surface area (Å²) in [7, 11) is 0. The van der Waals surface area contributed by atoms with Gasteiger partial charge >= 0.3 is 11.9 Å². The van der Waals surface area contributed by atoms with E-state index < -0.39 is 0 Å². The Hall–Kier alpha value is -2.04. The molecule has 0 aliphatic rings. The number of halogens is 2. The van der Waals surface area contributed by atoms with Gasteiger partial charge in [-0.2, -0.15) is 0 Å². The molecule has 0 N–H and O–H groups in total. The van der Waals surface area contributed by atoms with Crippen LogP contribution in [-0.2, 0) is 9.59 Å². The standard InChI is InChI=1S/C18H16Cl2O4/c19-13-5-9-15(10-6-13)23-17(21)3-1-2-4-18(22)24-16-11-7-14(20)8-12-16/h5-12H,1-4H2. The summed E-state index contributed by atoms with van der Waals surface area (Å²) in [4.78, 5) is 23.4. The van der Waals surface area contributed by atoms with Gasteiger partial charge in [0, 0.05) is 22.9 Å². The van der Waals surface area contributed by atoms with Crippen molar-refractivity contribution in [3.8, 4) is 11.5 Å². The molecule has 0 unspecified atom stereocenters. The average molecular weight is 367 g/mol. The summed E-state index contributed by atoms with van der Waals surface area (Å²) in [5, 5.41) is 1.16. The number of benzene rings is 2. The van der Waals surface area contributed by atoms with Crippen LogP contribution in [0, 0.1) is 0 Å². The molecule has 0 amide bonds. The highest BCUT2D eigenvalue weighted by molar-refractivity contribution is 6.30. The number of ether oxygens (including phenoxy) is 2. The molecule has 0 spiro atoms. The van der Waals surface area contributed by atoms with Gasteiger partial charge in [0.2, 0.25) is 0 Å². The summed E-state index contributed by atoms with van der Waals surface area (Å²) in [5.74, 6) is 0.213. The first-order valence-electron chi connectivity index (χ1n) is 7.45. The molecule has 2 rings (SSSR count). The summed E-state index contributed by atoms with van der Waals surface area (Å²) in [6.07, 6.45) is 1.55. The van der Waals surface area contributed by atoms with Gasteiger partial charge in [0.25, 0.3) is 0 Å². The van der Waals surface area contributed by atoms with E-state index in [0.29, 0.717) is 34.4 Å². The molecule has 0 heterocycles. The lowest BCUT2D eigenvalue weighted by Gasteiger charge is -2.05. The van der Waals surface area contributed by atoms with E-state index in [2.05, 4.69) is 0 Å². The van der Waals surface area contributed by atoms with Gasteiger partial charge < -0.3 is 9.47 Å². The smallest absolute Gasteiger partial charge is 0.311 e. The fourth-order valence-corrected chi connectivity index (χ4v) is 2.16. The summed E-state index contributed by atoms with van der Waals surface area (Å²) in [5.41, 5.74) is 0. The molecule has 0 fully saturated rings. The highest BCUT2D eigenvalue weighted by atomic mass is 35.5. The Labute approximate surface area is 150 Å². The molecular weight excluding hydrogens is 351 g/mol. The zero-order valence-corrected chi connectivity index (χ0v) is 14.3. The molecule has 0 saturated carbocycles. The zero-order chi connectivity index (χ0) is 17.4. The van der Waals surface area contributed by atoms with E-state index in [1.165, 1.54) is 0 Å². The van der Waals surface area contributed by atoms with Gasteiger partial charge in [0.05, 0.1) is 0 Å². The lowest BCUT2D eigenvalue weighted by molar-refractivity contribution is -0.136. The quantitative estimate of drug-likeness (QED) is 0.390. The fourth-order valence-electron chi connectivity index (χ4n) is 1.91. The highest BCUT2D eigenvalue weighted by Gasteiger charge is 2.08. The molecule has 4 nitrogen and oxygen atoms in total. The molecule has 126 valence electrons. The second kappa shape index (κ2) is 9.30. The van der Waals surface area contributed by atoms with Crippen molar-refractivity contribution in [3.05, 3.63) is 58.6 Å². The maximum Gasteiger partial charge on any atom is 0.311 e. The normalized spacial score (nSPS) is 10.2. The molecule has 6 heteroatoms. The van der Waals surface area contributed by atoms with Gasteiger partial charge in [-0.1, -0.05) is 23.2 Å². The molecule has 0 bridgehead atoms. The number of hydrogen-bond donors (Lipinski definition) is 0. The highest BCUT2D eigenvalue weighted by Crippen LogP contribution is 2.18. The molecule has 2 aromatic rings. The Kier molecular flexibility index (Phi) is 7.09. The van der Waals surface area contributed by atoms with Crippen LogP contribution >= 0.6 is 23.2 Å². The molecule has 0 saturated heterocycles. The zero-order valence-electron chi connectivity index (χ0n) is 12.8. The lowest BCUT2D eigenvalue weighted by atomic mass is 10.2. The van der Waals surface area contributed by atoms with E-state index in [9.17, 15) is 9.59 Å². The van der Waals surface area contributed by atoms with Crippen LogP contribution in [0.4, 0.5) is 0 Å². The molecular formula is C18H16Cl2O4. The van der Waals surface area contributed by atoms with Crippen LogP contribution in [0.15, 0.2) is 48.5 Å². The monoisotopic (exact) mass is 366 g/mol. The van der Waals surface area contributed by atoms with E-state index in [1.54, 1.807) is 48.5 Å². The Bertz CT molecular complexity index is 620. The van der Waals surface area contributed by atoms with E-state index >= 15 is 0 Å². The van der Waals surface area contributed by atoms with Crippen LogP contribution in [0.1, 0.15) is 25.7 Å². The van der Waals surface area contributed by atoms with Crippen molar-refractivity contribution in [1.29, 1.82) is 0 Å². The van der Waals surface area contributed by atoms with Crippen LogP contribution < -0.4 is 9.47 Å². The Morgan fingerprint density at radius 1 is 0.667 bits per heavy atom. The van der Waals surface area contributed by atoms with Crippen LogP contribution in [-0.4, -0.2) is 11.9 Å². The second-order valence-electron chi connectivity index (χ2n) is 5.06. The minimum absolute atomic E-state index is 0.233. The second-order valence-corrected chi connectivity index (χ2v) is 5.94. The molecule has 0 aliphatic carbocycles. The minimum Gasteiger partial charge on any atom is -0.427 e. The van der Waals surface area contributed by atoms with Crippen molar-refractivity contribution in [2.24, 2.45) is 0 Å². The number of carbonyl (C=O) groups excluding carboxylic acids is 2. The van der Waals surface area contributed by atoms with E-state index in [-0.39, 0.29) is 24.8 Å². The predicted octanol–water partition coefficient (Wildman–Crippen LogP) is 5.06. The molecule has 0 radical (unpaired) electrons. The van der Waals surface area contributed by atoms with Gasteiger partial charge in [-0.05, 0) is 61.4 Å². The van der Waals surface area contributed by atoms with Gasteiger partial charge in [0.1, 0.15) is 11.5 Å². The third-order valence-corrected chi connectivity index (χ3v) is 3.61. The van der Waals surface area contributed by atoms with Crippen LogP contribution in [0.3, 0.4) is 0 Å². The molecule has 0 atom stereocenters. The van der Waals surface area contributed by atoms with E-state index in [4.69, 9.17) is 32.7 Å². The van der Waals surface area contributed by atoms with E-state index in [1.807, 2.05) is 0 Å². The Balaban J connectivity index is 1.63. The largest absolute Gasteiger partial charge is 0.427 e. The third kappa shape index (κ3) is 6.60. The maximum absolute atomic E-state index is 11.7. The number of rotatable bonds is 7. The molecule has 0 aliphatic heterocycles. The first-order valence-corrected chi connectivity index (χ1v) is 8.21. The summed E-state index contributed by atoms with van der Waals surface area (Å²) in [6, 6.07) is 13.1. The predicted molar refractivity (Wildman–Crippen MR) is 92.6 cm³/mol. The van der Waals surface area contributed by atoms with Crippen molar-refractivity contribution >= 4 is 35.1 Å². The van der Waals surface area contributed by atoms with Crippen molar-refractivity contribution in [2.75, 3.05) is 0 Å². The van der Waals surface area contributed by atoms with Crippen molar-refractivity contribution in [3.63, 3.8) is 0 Å². The maximum atomic E-state index is 11.7. The van der Waals surface area contributed by atoms with Gasteiger partial charge in [0.15, 0.2) is 0 Å². The summed E-state index contributed by atoms with van der Waals surface area (Å²) < 4.78 is 10.3. The number of unbranched alkanes of at least 4 members (excludes halogenated alkanes) is 1. The SMILES string of the molecule is O=C(CCCCC(=O)Oc1ccc(Cl)cc1)Oc1ccc(Cl)cc1. The van der Waals surface area contributed by atoms with Gasteiger partial charge in [-0.15, -0.1) is 0 Å². The topological polar surface area (TPSA) is 52.6 Å². The first-order chi connectivity index (χ1) is 11.5. The minimum atomic E-state index is -0.344. The van der Waals surface area contributed by atoms with Crippen molar-refractivity contribution < 1.29 is 19.1 Å². The Morgan fingerprint density at radius 3 is 1.33 bits per heavy atom. The molecule has 0 aromatic heterocycles. The van der Waals surface area contributed by atoms with Gasteiger partial charge in [-0.25, -0.2) is 0 Å². The van der Waals surface area contributed by atoms with Crippen LogP contribution in [0.25, 0.3) is 0 Å². The summed E-state index contributed by atoms with van der Waals surface area (Å²) >= 11 is 11.5. The molecule has 24 heavy (non-hydrogen) atoms. The van der Waals surface area contributed by atoms with Crippen molar-refractivity contribution in [1.82, 2.24) is 0 Å². The third-order valence-electron chi connectivity index (χ3n) is 3.10.